The molecule has 2 heterocycles. The average molecular weight is 437 g/mol. The smallest absolute Gasteiger partial charge is 0.309 e. The van der Waals surface area contributed by atoms with E-state index in [-0.39, 0.29) is 23.8 Å². The standard InChI is InChI=1S/C24H27N3O5/c28-19-7-6-18(20(29)25-19)26-10-16-15(21(26)30)2-1-3-17(16)27(9-8-14-4-5-14)24-11-23(12-24,13-24)22(31)32/h1-3,14,18H,4-13H2,(H,31,32)(H,25,28,29). The van der Waals surface area contributed by atoms with E-state index >= 15 is 0 Å². The molecule has 0 spiro atoms. The maximum Gasteiger partial charge on any atom is 0.309 e. The number of anilines is 1. The highest BCUT2D eigenvalue weighted by atomic mass is 16.4. The highest BCUT2D eigenvalue weighted by molar-refractivity contribution is 6.06. The van der Waals surface area contributed by atoms with Crippen LogP contribution in [0, 0.1) is 11.3 Å². The Kier molecular flexibility index (Phi) is 4.05. The Morgan fingerprint density at radius 3 is 2.56 bits per heavy atom. The number of rotatable bonds is 7. The first-order valence-electron chi connectivity index (χ1n) is 11.6. The van der Waals surface area contributed by atoms with Crippen molar-refractivity contribution in [3.8, 4) is 0 Å². The number of fused-ring (bicyclic) bond motifs is 1. The molecule has 1 aromatic carbocycles. The van der Waals surface area contributed by atoms with Crippen LogP contribution in [0.2, 0.25) is 0 Å². The van der Waals surface area contributed by atoms with Crippen molar-refractivity contribution in [1.29, 1.82) is 0 Å². The number of hydrogen-bond acceptors (Lipinski definition) is 5. The Morgan fingerprint density at radius 1 is 1.16 bits per heavy atom. The average Bonchev–Trinajstić information content (AvgIpc) is 3.45. The summed E-state index contributed by atoms with van der Waals surface area (Å²) in [6, 6.07) is 5.11. The zero-order chi connectivity index (χ0) is 22.3. The number of hydrogen-bond donors (Lipinski definition) is 2. The van der Waals surface area contributed by atoms with Crippen LogP contribution in [0.5, 0.6) is 0 Å². The van der Waals surface area contributed by atoms with Gasteiger partial charge in [0, 0.05) is 41.9 Å². The van der Waals surface area contributed by atoms with Gasteiger partial charge >= 0.3 is 5.97 Å². The Balaban J connectivity index is 1.30. The van der Waals surface area contributed by atoms with Gasteiger partial charge < -0.3 is 14.9 Å². The minimum absolute atomic E-state index is 0.131. The van der Waals surface area contributed by atoms with E-state index in [0.29, 0.717) is 37.8 Å². The molecule has 8 nitrogen and oxygen atoms in total. The topological polar surface area (TPSA) is 107 Å². The molecule has 8 heteroatoms. The number of imide groups is 1. The molecule has 2 bridgehead atoms. The largest absolute Gasteiger partial charge is 0.481 e. The van der Waals surface area contributed by atoms with Crippen LogP contribution < -0.4 is 10.2 Å². The highest BCUT2D eigenvalue weighted by Gasteiger charge is 2.74. The second kappa shape index (κ2) is 6.56. The fourth-order valence-corrected chi connectivity index (χ4v) is 6.40. The van der Waals surface area contributed by atoms with Gasteiger partial charge in [0.15, 0.2) is 0 Å². The SMILES string of the molecule is O=C1CCC(N2Cc3c(cccc3N(CCC3CC3)C34CC(C(=O)O)(C3)C4)C2=O)C(=O)N1. The van der Waals surface area contributed by atoms with Crippen LogP contribution >= 0.6 is 0 Å². The Morgan fingerprint density at radius 2 is 1.91 bits per heavy atom. The first-order chi connectivity index (χ1) is 15.3. The summed E-state index contributed by atoms with van der Waals surface area (Å²) in [6.07, 6.45) is 6.16. The van der Waals surface area contributed by atoms with E-state index in [1.807, 2.05) is 18.2 Å². The van der Waals surface area contributed by atoms with E-state index in [4.69, 9.17) is 0 Å². The summed E-state index contributed by atoms with van der Waals surface area (Å²) in [5, 5.41) is 12.0. The summed E-state index contributed by atoms with van der Waals surface area (Å²) >= 11 is 0. The molecule has 1 saturated heterocycles. The molecular weight excluding hydrogens is 410 g/mol. The molecule has 168 valence electrons. The fourth-order valence-electron chi connectivity index (χ4n) is 6.40. The van der Waals surface area contributed by atoms with E-state index in [2.05, 4.69) is 10.2 Å². The molecule has 6 aliphatic rings. The van der Waals surface area contributed by atoms with Crippen LogP contribution in [0.3, 0.4) is 0 Å². The molecule has 0 aromatic heterocycles. The quantitative estimate of drug-likeness (QED) is 0.633. The van der Waals surface area contributed by atoms with Gasteiger partial charge in [0.2, 0.25) is 11.8 Å². The van der Waals surface area contributed by atoms with Gasteiger partial charge in [0.1, 0.15) is 6.04 Å². The molecule has 1 atom stereocenters. The second-order valence-corrected chi connectivity index (χ2v) is 10.4. The maximum atomic E-state index is 13.2. The lowest BCUT2D eigenvalue weighted by Crippen LogP contribution is -2.77. The predicted molar refractivity (Wildman–Crippen MR) is 114 cm³/mol. The van der Waals surface area contributed by atoms with E-state index in [1.165, 1.54) is 12.8 Å². The number of amides is 3. The van der Waals surface area contributed by atoms with Gasteiger partial charge in [-0.25, -0.2) is 0 Å². The third-order valence-electron chi connectivity index (χ3n) is 8.33. The van der Waals surface area contributed by atoms with Crippen LogP contribution in [0.15, 0.2) is 18.2 Å². The van der Waals surface area contributed by atoms with Gasteiger partial charge in [0.25, 0.3) is 5.91 Å². The summed E-state index contributed by atoms with van der Waals surface area (Å²) in [6.45, 7) is 1.21. The molecule has 0 radical (unpaired) electrons. The second-order valence-electron chi connectivity index (χ2n) is 10.4. The third-order valence-corrected chi connectivity index (χ3v) is 8.33. The first-order valence-corrected chi connectivity index (χ1v) is 11.6. The van der Waals surface area contributed by atoms with Gasteiger partial charge in [-0.05, 0) is 50.2 Å². The molecule has 2 N–H and O–H groups in total. The number of carboxylic acids is 1. The van der Waals surface area contributed by atoms with Crippen LogP contribution in [0.4, 0.5) is 5.69 Å². The summed E-state index contributed by atoms with van der Waals surface area (Å²) in [5.74, 6) is -0.815. The molecule has 7 rings (SSSR count). The van der Waals surface area contributed by atoms with Crippen molar-refractivity contribution in [2.75, 3.05) is 11.4 Å². The number of piperidine rings is 1. The van der Waals surface area contributed by atoms with Crippen molar-refractivity contribution in [3.63, 3.8) is 0 Å². The molecule has 4 saturated carbocycles. The lowest BCUT2D eigenvalue weighted by Gasteiger charge is -2.72. The van der Waals surface area contributed by atoms with Crippen molar-refractivity contribution in [2.45, 2.75) is 69.5 Å². The van der Waals surface area contributed by atoms with Crippen LogP contribution in [-0.4, -0.2) is 51.8 Å². The summed E-state index contributed by atoms with van der Waals surface area (Å²) < 4.78 is 0. The van der Waals surface area contributed by atoms with E-state index in [9.17, 15) is 24.3 Å². The fraction of sp³-hybridized carbons (Fsp3) is 0.583. The number of carbonyl (C=O) groups excluding carboxylic acids is 3. The van der Waals surface area contributed by atoms with Gasteiger partial charge in [0.05, 0.1) is 5.41 Å². The third kappa shape index (κ3) is 2.74. The van der Waals surface area contributed by atoms with Gasteiger partial charge in [-0.1, -0.05) is 18.9 Å². The van der Waals surface area contributed by atoms with Gasteiger partial charge in [-0.15, -0.1) is 0 Å². The first kappa shape index (κ1) is 19.8. The lowest BCUT2D eigenvalue weighted by atomic mass is 9.38. The minimum Gasteiger partial charge on any atom is -0.481 e. The molecule has 2 aliphatic heterocycles. The lowest BCUT2D eigenvalue weighted by molar-refractivity contribution is -0.192. The summed E-state index contributed by atoms with van der Waals surface area (Å²) in [5.41, 5.74) is 1.85. The predicted octanol–water partition coefficient (Wildman–Crippen LogP) is 2.06. The van der Waals surface area contributed by atoms with Crippen molar-refractivity contribution < 1.29 is 24.3 Å². The van der Waals surface area contributed by atoms with Crippen molar-refractivity contribution in [2.24, 2.45) is 11.3 Å². The highest BCUT2D eigenvalue weighted by Crippen LogP contribution is 2.70. The van der Waals surface area contributed by atoms with Crippen LogP contribution in [0.25, 0.3) is 0 Å². The molecule has 32 heavy (non-hydrogen) atoms. The van der Waals surface area contributed by atoms with Crippen molar-refractivity contribution in [1.82, 2.24) is 10.2 Å². The summed E-state index contributed by atoms with van der Waals surface area (Å²) in [4.78, 5) is 52.9. The molecule has 4 aliphatic carbocycles. The maximum absolute atomic E-state index is 13.2. The minimum atomic E-state index is -0.695. The number of nitrogens with zero attached hydrogens (tertiary/aromatic N) is 2. The zero-order valence-electron chi connectivity index (χ0n) is 17.9. The van der Waals surface area contributed by atoms with E-state index < -0.39 is 23.3 Å². The Hall–Kier alpha value is -2.90. The van der Waals surface area contributed by atoms with Crippen LogP contribution in [0.1, 0.15) is 67.3 Å². The van der Waals surface area contributed by atoms with Crippen molar-refractivity contribution in [3.05, 3.63) is 29.3 Å². The molecule has 1 aromatic rings. The van der Waals surface area contributed by atoms with E-state index in [1.54, 1.807) is 4.90 Å². The number of carbonyl (C=O) groups is 4. The monoisotopic (exact) mass is 437 g/mol. The molecule has 3 amide bonds. The number of nitrogens with one attached hydrogen (secondary N) is 1. The van der Waals surface area contributed by atoms with Gasteiger partial charge in [-0.3, -0.25) is 24.5 Å². The summed E-state index contributed by atoms with van der Waals surface area (Å²) in [7, 11) is 0. The van der Waals surface area contributed by atoms with Crippen LogP contribution in [-0.2, 0) is 20.9 Å². The zero-order valence-corrected chi connectivity index (χ0v) is 17.9. The van der Waals surface area contributed by atoms with E-state index in [0.717, 1.165) is 30.1 Å². The number of carboxylic acid groups (broad SMARTS) is 1. The normalized spacial score (nSPS) is 32.7. The Labute approximate surface area is 185 Å². The molecule has 5 fully saturated rings. The number of benzene rings is 1. The van der Waals surface area contributed by atoms with Gasteiger partial charge in [-0.2, -0.15) is 0 Å². The Bertz CT molecular complexity index is 1040. The molecule has 1 unspecified atom stereocenters. The number of aliphatic carboxylic acids is 1. The van der Waals surface area contributed by atoms with Crippen molar-refractivity contribution >= 4 is 29.4 Å². The molecular formula is C24H27N3O5.